The van der Waals surface area contributed by atoms with Gasteiger partial charge in [0.25, 0.3) is 0 Å². The molecule has 1 aliphatic rings. The van der Waals surface area contributed by atoms with E-state index in [0.717, 1.165) is 54.1 Å². The number of rotatable bonds is 5. The van der Waals surface area contributed by atoms with Crippen LogP contribution in [0.1, 0.15) is 18.9 Å². The summed E-state index contributed by atoms with van der Waals surface area (Å²) in [6.45, 7) is 5.97. The minimum Gasteiger partial charge on any atom is -0.497 e. The van der Waals surface area contributed by atoms with E-state index in [2.05, 4.69) is 27.8 Å². The van der Waals surface area contributed by atoms with E-state index in [1.165, 1.54) is 0 Å². The summed E-state index contributed by atoms with van der Waals surface area (Å²) in [6.07, 6.45) is 1.15. The van der Waals surface area contributed by atoms with Gasteiger partial charge < -0.3 is 15.2 Å². The summed E-state index contributed by atoms with van der Waals surface area (Å²) in [4.78, 5) is 2.43. The van der Waals surface area contributed by atoms with E-state index < -0.39 is 0 Å². The summed E-state index contributed by atoms with van der Waals surface area (Å²) < 4.78 is 11.8. The van der Waals surface area contributed by atoms with Gasteiger partial charge in [-0.1, -0.05) is 22.9 Å². The molecular formula is C15H24BrClN2O2. The van der Waals surface area contributed by atoms with E-state index in [9.17, 15) is 0 Å². The Kier molecular flexibility index (Phi) is 6.78. The quantitative estimate of drug-likeness (QED) is 0.854. The Morgan fingerprint density at radius 1 is 1.33 bits per heavy atom. The standard InChI is InChI=1S/C15H23BrN2O2.ClH/c1-15(9-17)4-5-18(10-15)8-12-13(16)6-11(19-2)7-14(12)20-3;/h6-7H,4-5,8-10,17H2,1-3H3;1H. The number of benzene rings is 1. The molecule has 0 radical (unpaired) electrons. The second kappa shape index (κ2) is 7.68. The van der Waals surface area contributed by atoms with Crippen molar-refractivity contribution in [2.75, 3.05) is 33.9 Å². The van der Waals surface area contributed by atoms with Crippen LogP contribution in [0.15, 0.2) is 16.6 Å². The summed E-state index contributed by atoms with van der Waals surface area (Å²) in [5.74, 6) is 1.66. The number of ether oxygens (including phenoxy) is 2. The van der Waals surface area contributed by atoms with Crippen LogP contribution >= 0.6 is 28.3 Å². The number of nitrogens with zero attached hydrogens (tertiary/aromatic N) is 1. The Bertz CT molecular complexity index is 487. The summed E-state index contributed by atoms with van der Waals surface area (Å²) >= 11 is 3.62. The third-order valence-corrected chi connectivity index (χ3v) is 4.80. The van der Waals surface area contributed by atoms with Gasteiger partial charge in [-0.25, -0.2) is 0 Å². The van der Waals surface area contributed by atoms with Crippen LogP contribution in [0.25, 0.3) is 0 Å². The average molecular weight is 380 g/mol. The third-order valence-electron chi connectivity index (χ3n) is 4.10. The molecule has 21 heavy (non-hydrogen) atoms. The van der Waals surface area contributed by atoms with Gasteiger partial charge in [0, 0.05) is 29.2 Å². The van der Waals surface area contributed by atoms with E-state index in [0.29, 0.717) is 0 Å². The molecule has 1 unspecified atom stereocenters. The summed E-state index contributed by atoms with van der Waals surface area (Å²) in [5, 5.41) is 0. The van der Waals surface area contributed by atoms with Crippen LogP contribution in [0.2, 0.25) is 0 Å². The molecule has 2 rings (SSSR count). The summed E-state index contributed by atoms with van der Waals surface area (Å²) in [5.41, 5.74) is 7.27. The highest BCUT2D eigenvalue weighted by Crippen LogP contribution is 2.36. The molecule has 0 aliphatic carbocycles. The van der Waals surface area contributed by atoms with Gasteiger partial charge in [-0.15, -0.1) is 12.4 Å². The molecule has 1 saturated heterocycles. The SMILES string of the molecule is COc1cc(Br)c(CN2CCC(C)(CN)C2)c(OC)c1.Cl. The lowest BCUT2D eigenvalue weighted by Gasteiger charge is -2.23. The predicted octanol–water partition coefficient (Wildman–Crippen LogP) is 3.06. The zero-order valence-corrected chi connectivity index (χ0v) is 15.2. The van der Waals surface area contributed by atoms with Crippen LogP contribution in [0.3, 0.4) is 0 Å². The van der Waals surface area contributed by atoms with Gasteiger partial charge in [-0.2, -0.15) is 0 Å². The fourth-order valence-electron chi connectivity index (χ4n) is 2.69. The number of likely N-dealkylation sites (tertiary alicyclic amines) is 1. The minimum atomic E-state index is 0. The molecule has 0 amide bonds. The summed E-state index contributed by atoms with van der Waals surface area (Å²) in [6, 6.07) is 3.91. The van der Waals surface area contributed by atoms with E-state index in [1.807, 2.05) is 12.1 Å². The van der Waals surface area contributed by atoms with Gasteiger partial charge in [-0.3, -0.25) is 4.90 Å². The van der Waals surface area contributed by atoms with Gasteiger partial charge in [0.2, 0.25) is 0 Å². The molecule has 1 heterocycles. The topological polar surface area (TPSA) is 47.7 Å². The fourth-order valence-corrected chi connectivity index (χ4v) is 3.24. The van der Waals surface area contributed by atoms with Gasteiger partial charge >= 0.3 is 0 Å². The monoisotopic (exact) mass is 378 g/mol. The fraction of sp³-hybridized carbons (Fsp3) is 0.600. The minimum absolute atomic E-state index is 0. The van der Waals surface area contributed by atoms with Crippen molar-refractivity contribution in [3.63, 3.8) is 0 Å². The molecule has 0 saturated carbocycles. The van der Waals surface area contributed by atoms with E-state index in [-0.39, 0.29) is 17.8 Å². The first kappa shape index (κ1) is 18.6. The largest absolute Gasteiger partial charge is 0.497 e. The zero-order valence-electron chi connectivity index (χ0n) is 12.8. The van der Waals surface area contributed by atoms with Crippen molar-refractivity contribution < 1.29 is 9.47 Å². The molecule has 0 spiro atoms. The summed E-state index contributed by atoms with van der Waals surface area (Å²) in [7, 11) is 3.35. The molecule has 4 nitrogen and oxygen atoms in total. The maximum atomic E-state index is 5.87. The molecule has 1 atom stereocenters. The Morgan fingerprint density at radius 3 is 2.57 bits per heavy atom. The Balaban J connectivity index is 0.00000220. The molecular weight excluding hydrogens is 356 g/mol. The molecule has 1 aromatic rings. The molecule has 0 aromatic heterocycles. The van der Waals surface area contributed by atoms with Crippen LogP contribution < -0.4 is 15.2 Å². The van der Waals surface area contributed by atoms with Crippen molar-refractivity contribution in [2.45, 2.75) is 19.9 Å². The van der Waals surface area contributed by atoms with Crippen molar-refractivity contribution in [2.24, 2.45) is 11.1 Å². The van der Waals surface area contributed by atoms with Gasteiger partial charge in [-0.05, 0) is 31.0 Å². The van der Waals surface area contributed by atoms with Crippen molar-refractivity contribution in [3.8, 4) is 11.5 Å². The van der Waals surface area contributed by atoms with Crippen LogP contribution in [-0.2, 0) is 6.54 Å². The van der Waals surface area contributed by atoms with E-state index >= 15 is 0 Å². The Morgan fingerprint density at radius 2 is 2.05 bits per heavy atom. The highest BCUT2D eigenvalue weighted by Gasteiger charge is 2.32. The Labute approximate surface area is 141 Å². The lowest BCUT2D eigenvalue weighted by Crippen LogP contribution is -2.31. The number of hydrogen-bond donors (Lipinski definition) is 1. The number of methoxy groups -OCH3 is 2. The molecule has 2 N–H and O–H groups in total. The number of nitrogens with two attached hydrogens (primary N) is 1. The third kappa shape index (κ3) is 4.25. The van der Waals surface area contributed by atoms with Crippen molar-refractivity contribution in [3.05, 3.63) is 22.2 Å². The molecule has 1 aliphatic heterocycles. The van der Waals surface area contributed by atoms with Crippen molar-refractivity contribution in [1.29, 1.82) is 0 Å². The van der Waals surface area contributed by atoms with E-state index in [4.69, 9.17) is 15.2 Å². The first-order valence-corrected chi connectivity index (χ1v) is 7.63. The van der Waals surface area contributed by atoms with Gasteiger partial charge in [0.05, 0.1) is 14.2 Å². The van der Waals surface area contributed by atoms with E-state index in [1.54, 1.807) is 14.2 Å². The average Bonchev–Trinajstić information content (AvgIpc) is 2.83. The zero-order chi connectivity index (χ0) is 14.8. The van der Waals surface area contributed by atoms with Crippen LogP contribution in [0, 0.1) is 5.41 Å². The van der Waals surface area contributed by atoms with Crippen LogP contribution in [-0.4, -0.2) is 38.8 Å². The predicted molar refractivity (Wildman–Crippen MR) is 91.5 cm³/mol. The molecule has 1 fully saturated rings. The van der Waals surface area contributed by atoms with Crippen LogP contribution in [0.4, 0.5) is 0 Å². The molecule has 1 aromatic carbocycles. The highest BCUT2D eigenvalue weighted by molar-refractivity contribution is 9.10. The number of hydrogen-bond acceptors (Lipinski definition) is 4. The van der Waals surface area contributed by atoms with Crippen molar-refractivity contribution >= 4 is 28.3 Å². The molecule has 120 valence electrons. The maximum absolute atomic E-state index is 5.87. The van der Waals surface area contributed by atoms with Gasteiger partial charge in [0.15, 0.2) is 0 Å². The Hall–Kier alpha value is -0.490. The van der Waals surface area contributed by atoms with Crippen molar-refractivity contribution in [1.82, 2.24) is 4.90 Å². The van der Waals surface area contributed by atoms with Gasteiger partial charge in [0.1, 0.15) is 11.5 Å². The second-order valence-electron chi connectivity index (χ2n) is 5.77. The van der Waals surface area contributed by atoms with Crippen LogP contribution in [0.5, 0.6) is 11.5 Å². The normalized spacial score (nSPS) is 22.0. The molecule has 6 heteroatoms. The smallest absolute Gasteiger partial charge is 0.128 e. The first-order chi connectivity index (χ1) is 9.51. The first-order valence-electron chi connectivity index (χ1n) is 6.84. The maximum Gasteiger partial charge on any atom is 0.128 e. The lowest BCUT2D eigenvalue weighted by atomic mass is 9.90. The molecule has 0 bridgehead atoms. The highest BCUT2D eigenvalue weighted by atomic mass is 79.9. The second-order valence-corrected chi connectivity index (χ2v) is 6.62. The number of halogens is 2. The lowest BCUT2D eigenvalue weighted by molar-refractivity contribution is 0.270.